The molecule has 0 unspecified atom stereocenters. The molecular weight excluding hydrogens is 332 g/mol. The molecule has 26 heavy (non-hydrogen) atoms. The number of hydrogen-bond donors (Lipinski definition) is 0. The summed E-state index contributed by atoms with van der Waals surface area (Å²) in [5.74, 6) is 1.53. The SMILES string of the molecule is CCCCCCOc1ccc(COOc2ccc(COOC)cc2)cc1. The van der Waals surface area contributed by atoms with Crippen LogP contribution in [0.4, 0.5) is 0 Å². The van der Waals surface area contributed by atoms with Crippen molar-refractivity contribution >= 4 is 0 Å². The molecule has 142 valence electrons. The van der Waals surface area contributed by atoms with E-state index in [1.54, 1.807) is 0 Å². The van der Waals surface area contributed by atoms with Crippen LogP contribution in [0.25, 0.3) is 0 Å². The Morgan fingerprint density at radius 1 is 0.692 bits per heavy atom. The molecule has 0 aromatic heterocycles. The second-order valence-electron chi connectivity index (χ2n) is 5.97. The highest BCUT2D eigenvalue weighted by atomic mass is 17.2. The lowest BCUT2D eigenvalue weighted by Crippen LogP contribution is -2.00. The van der Waals surface area contributed by atoms with Crippen LogP contribution in [0.3, 0.4) is 0 Å². The Hall–Kier alpha value is -2.08. The predicted octanol–water partition coefficient (Wildman–Crippen LogP) is 5.23. The Bertz CT molecular complexity index is 595. The van der Waals surface area contributed by atoms with Crippen LogP contribution in [0.2, 0.25) is 0 Å². The van der Waals surface area contributed by atoms with Crippen LogP contribution in [0.1, 0.15) is 43.7 Å². The van der Waals surface area contributed by atoms with E-state index in [2.05, 4.69) is 11.8 Å². The summed E-state index contributed by atoms with van der Waals surface area (Å²) in [5, 5.41) is 0. The van der Waals surface area contributed by atoms with E-state index in [-0.39, 0.29) is 0 Å². The van der Waals surface area contributed by atoms with Crippen molar-refractivity contribution < 1.29 is 24.3 Å². The van der Waals surface area contributed by atoms with Crippen molar-refractivity contribution in [2.75, 3.05) is 13.7 Å². The first-order valence-electron chi connectivity index (χ1n) is 9.07. The molecule has 0 amide bonds. The van der Waals surface area contributed by atoms with E-state index in [1.165, 1.54) is 26.4 Å². The van der Waals surface area contributed by atoms with Crippen molar-refractivity contribution in [1.82, 2.24) is 0 Å². The van der Waals surface area contributed by atoms with E-state index in [0.29, 0.717) is 19.0 Å². The average Bonchev–Trinajstić information content (AvgIpc) is 2.68. The van der Waals surface area contributed by atoms with Crippen LogP contribution >= 0.6 is 0 Å². The van der Waals surface area contributed by atoms with Crippen LogP contribution in [-0.2, 0) is 27.9 Å². The van der Waals surface area contributed by atoms with Gasteiger partial charge in [-0.05, 0) is 41.8 Å². The Morgan fingerprint density at radius 2 is 1.31 bits per heavy atom. The molecule has 5 nitrogen and oxygen atoms in total. The lowest BCUT2D eigenvalue weighted by molar-refractivity contribution is -0.282. The summed E-state index contributed by atoms with van der Waals surface area (Å²) >= 11 is 0. The molecule has 0 radical (unpaired) electrons. The van der Waals surface area contributed by atoms with Gasteiger partial charge in [0.15, 0.2) is 5.75 Å². The van der Waals surface area contributed by atoms with Gasteiger partial charge >= 0.3 is 0 Å². The summed E-state index contributed by atoms with van der Waals surface area (Å²) in [7, 11) is 1.48. The van der Waals surface area contributed by atoms with Crippen LogP contribution in [0.5, 0.6) is 11.5 Å². The minimum atomic E-state index is 0.366. The Balaban J connectivity index is 1.66. The summed E-state index contributed by atoms with van der Waals surface area (Å²) in [4.78, 5) is 20.0. The largest absolute Gasteiger partial charge is 0.494 e. The van der Waals surface area contributed by atoms with Crippen molar-refractivity contribution in [3.05, 3.63) is 59.7 Å². The average molecular weight is 360 g/mol. The van der Waals surface area contributed by atoms with Gasteiger partial charge in [-0.1, -0.05) is 50.5 Å². The summed E-state index contributed by atoms with van der Waals surface area (Å²) < 4.78 is 5.73. The molecule has 0 aliphatic carbocycles. The van der Waals surface area contributed by atoms with E-state index in [0.717, 1.165) is 29.9 Å². The molecule has 2 aromatic rings. The highest BCUT2D eigenvalue weighted by Gasteiger charge is 2.00. The topological polar surface area (TPSA) is 46.2 Å². The maximum Gasteiger partial charge on any atom is 0.165 e. The Labute approximate surface area is 155 Å². The van der Waals surface area contributed by atoms with E-state index in [1.807, 2.05) is 48.5 Å². The number of rotatable bonds is 13. The van der Waals surface area contributed by atoms with Gasteiger partial charge in [0.2, 0.25) is 0 Å². The molecule has 2 rings (SSSR count). The third-order valence-electron chi connectivity index (χ3n) is 3.84. The van der Waals surface area contributed by atoms with Crippen molar-refractivity contribution in [3.8, 4) is 11.5 Å². The molecule has 0 fully saturated rings. The normalized spacial score (nSPS) is 10.7. The number of ether oxygens (including phenoxy) is 1. The summed E-state index contributed by atoms with van der Waals surface area (Å²) in [5.41, 5.74) is 2.01. The smallest absolute Gasteiger partial charge is 0.165 e. The maximum absolute atomic E-state index is 5.73. The summed E-state index contributed by atoms with van der Waals surface area (Å²) in [6.45, 7) is 3.73. The zero-order chi connectivity index (χ0) is 18.5. The van der Waals surface area contributed by atoms with Gasteiger partial charge in [0.25, 0.3) is 0 Å². The minimum absolute atomic E-state index is 0.366. The van der Waals surface area contributed by atoms with Gasteiger partial charge in [0, 0.05) is 0 Å². The van der Waals surface area contributed by atoms with E-state index in [4.69, 9.17) is 19.4 Å². The summed E-state index contributed by atoms with van der Waals surface area (Å²) in [6.07, 6.45) is 4.83. The maximum atomic E-state index is 5.73. The first-order chi connectivity index (χ1) is 12.8. The number of benzene rings is 2. The lowest BCUT2D eigenvalue weighted by atomic mass is 10.2. The van der Waals surface area contributed by atoms with Gasteiger partial charge < -0.3 is 9.62 Å². The van der Waals surface area contributed by atoms with Crippen molar-refractivity contribution in [2.24, 2.45) is 0 Å². The second kappa shape index (κ2) is 12.3. The van der Waals surface area contributed by atoms with E-state index >= 15 is 0 Å². The van der Waals surface area contributed by atoms with Gasteiger partial charge in [0.1, 0.15) is 19.0 Å². The van der Waals surface area contributed by atoms with Crippen LogP contribution in [-0.4, -0.2) is 13.7 Å². The van der Waals surface area contributed by atoms with Crippen LogP contribution in [0.15, 0.2) is 48.5 Å². The van der Waals surface area contributed by atoms with E-state index in [9.17, 15) is 0 Å². The molecule has 0 N–H and O–H groups in total. The monoisotopic (exact) mass is 360 g/mol. The highest BCUT2D eigenvalue weighted by Crippen LogP contribution is 2.16. The molecule has 0 heterocycles. The molecule has 5 heteroatoms. The summed E-state index contributed by atoms with van der Waals surface area (Å²) in [6, 6.07) is 15.3. The van der Waals surface area contributed by atoms with Gasteiger partial charge in [-0.25, -0.2) is 9.78 Å². The van der Waals surface area contributed by atoms with Crippen LogP contribution < -0.4 is 9.62 Å². The lowest BCUT2D eigenvalue weighted by Gasteiger charge is -2.08. The number of hydrogen-bond acceptors (Lipinski definition) is 5. The number of unbranched alkanes of at least 4 members (excludes halogenated alkanes) is 3. The Kier molecular flexibility index (Phi) is 9.57. The van der Waals surface area contributed by atoms with Gasteiger partial charge in [-0.2, -0.15) is 4.89 Å². The zero-order valence-corrected chi connectivity index (χ0v) is 15.6. The molecule has 0 aliphatic heterocycles. The molecule has 0 bridgehead atoms. The van der Waals surface area contributed by atoms with Crippen LogP contribution in [0, 0.1) is 0 Å². The van der Waals surface area contributed by atoms with Gasteiger partial charge in [0.05, 0.1) is 13.7 Å². The third kappa shape index (κ3) is 7.87. The Morgan fingerprint density at radius 3 is 1.92 bits per heavy atom. The second-order valence-corrected chi connectivity index (χ2v) is 5.97. The first kappa shape index (κ1) is 20.2. The first-order valence-corrected chi connectivity index (χ1v) is 9.07. The molecule has 0 saturated carbocycles. The fraction of sp³-hybridized carbons (Fsp3) is 0.429. The fourth-order valence-corrected chi connectivity index (χ4v) is 2.33. The standard InChI is InChI=1S/C21H28O5/c1-3-4-5-6-15-23-20-11-7-19(8-12-20)17-25-26-21-13-9-18(10-14-21)16-24-22-2/h7-14H,3-6,15-17H2,1-2H3. The van der Waals surface area contributed by atoms with Gasteiger partial charge in [-0.3, -0.25) is 0 Å². The third-order valence-corrected chi connectivity index (χ3v) is 3.84. The predicted molar refractivity (Wildman–Crippen MR) is 99.7 cm³/mol. The van der Waals surface area contributed by atoms with Crippen molar-refractivity contribution in [3.63, 3.8) is 0 Å². The molecule has 2 aromatic carbocycles. The van der Waals surface area contributed by atoms with Gasteiger partial charge in [-0.15, -0.1) is 0 Å². The molecule has 0 atom stereocenters. The minimum Gasteiger partial charge on any atom is -0.494 e. The van der Waals surface area contributed by atoms with Crippen molar-refractivity contribution in [2.45, 2.75) is 45.8 Å². The van der Waals surface area contributed by atoms with E-state index < -0.39 is 0 Å². The highest BCUT2D eigenvalue weighted by molar-refractivity contribution is 5.27. The molecule has 0 saturated heterocycles. The molecule has 0 spiro atoms. The quantitative estimate of drug-likeness (QED) is 0.278. The fourth-order valence-electron chi connectivity index (χ4n) is 2.33. The molecular formula is C21H28O5. The van der Waals surface area contributed by atoms with Crippen molar-refractivity contribution in [1.29, 1.82) is 0 Å². The zero-order valence-electron chi connectivity index (χ0n) is 15.6. The molecule has 0 aliphatic rings.